The van der Waals surface area contributed by atoms with Gasteiger partial charge in [0.05, 0.1) is 11.2 Å². The lowest BCUT2D eigenvalue weighted by molar-refractivity contribution is 0.0693. The van der Waals surface area contributed by atoms with E-state index in [0.717, 1.165) is 22.2 Å². The zero-order valence-corrected chi connectivity index (χ0v) is 16.7. The topological polar surface area (TPSA) is 62.5 Å². The summed E-state index contributed by atoms with van der Waals surface area (Å²) in [6.07, 6.45) is 0. The van der Waals surface area contributed by atoms with Gasteiger partial charge in [0.15, 0.2) is 0 Å². The highest BCUT2D eigenvalue weighted by molar-refractivity contribution is 5.93. The monoisotopic (exact) mass is 385 g/mol. The molecule has 1 aromatic heterocycles. The van der Waals surface area contributed by atoms with Crippen LogP contribution in [-0.2, 0) is 5.41 Å². The minimum absolute atomic E-state index is 0.0260. The van der Waals surface area contributed by atoms with Crippen LogP contribution in [0.5, 0.6) is 5.75 Å². The van der Waals surface area contributed by atoms with Crippen LogP contribution in [0.2, 0.25) is 0 Å². The molecule has 146 valence electrons. The normalized spacial score (nSPS) is 11.7. The second-order valence-electron chi connectivity index (χ2n) is 8.26. The molecule has 1 heterocycles. The number of rotatable bonds is 3. The standard InChI is InChI=1S/C25H23NO3/c1-25(2,3)18-9-11-21-17(13-18)14-22(16-7-5-4-6-8-16)26(21)19-10-12-23(27)20(15-19)24(28)29/h4-15,27H,1-3H3,(H,28,29). The van der Waals surface area contributed by atoms with Crippen LogP contribution in [0.1, 0.15) is 36.7 Å². The van der Waals surface area contributed by atoms with Crippen LogP contribution in [0.15, 0.2) is 72.8 Å². The van der Waals surface area contributed by atoms with E-state index < -0.39 is 5.97 Å². The third-order valence-electron chi connectivity index (χ3n) is 5.21. The Morgan fingerprint density at radius 3 is 2.28 bits per heavy atom. The van der Waals surface area contributed by atoms with Gasteiger partial charge in [0.2, 0.25) is 0 Å². The molecule has 4 nitrogen and oxygen atoms in total. The van der Waals surface area contributed by atoms with Crippen LogP contribution >= 0.6 is 0 Å². The molecule has 4 aromatic rings. The van der Waals surface area contributed by atoms with Crippen molar-refractivity contribution in [2.75, 3.05) is 0 Å². The second kappa shape index (κ2) is 6.82. The van der Waals surface area contributed by atoms with E-state index in [2.05, 4.69) is 45.0 Å². The Hall–Kier alpha value is -3.53. The van der Waals surface area contributed by atoms with Gasteiger partial charge in [-0.3, -0.25) is 0 Å². The molecule has 4 rings (SSSR count). The summed E-state index contributed by atoms with van der Waals surface area (Å²) in [5.74, 6) is -1.40. The van der Waals surface area contributed by atoms with Crippen molar-refractivity contribution in [3.8, 4) is 22.7 Å². The first-order valence-electron chi connectivity index (χ1n) is 9.54. The Morgan fingerprint density at radius 1 is 0.897 bits per heavy atom. The van der Waals surface area contributed by atoms with Crippen LogP contribution in [0.25, 0.3) is 27.8 Å². The Morgan fingerprint density at radius 2 is 1.62 bits per heavy atom. The van der Waals surface area contributed by atoms with Gasteiger partial charge in [0.1, 0.15) is 11.3 Å². The summed E-state index contributed by atoms with van der Waals surface area (Å²) in [6.45, 7) is 6.55. The smallest absolute Gasteiger partial charge is 0.339 e. The Labute approximate surface area is 169 Å². The number of benzene rings is 3. The van der Waals surface area contributed by atoms with Crippen molar-refractivity contribution < 1.29 is 15.0 Å². The van der Waals surface area contributed by atoms with E-state index in [1.807, 2.05) is 34.9 Å². The van der Waals surface area contributed by atoms with Crippen LogP contribution in [0, 0.1) is 0 Å². The zero-order valence-electron chi connectivity index (χ0n) is 16.7. The van der Waals surface area contributed by atoms with Crippen LogP contribution < -0.4 is 0 Å². The van der Waals surface area contributed by atoms with E-state index >= 15 is 0 Å². The van der Waals surface area contributed by atoms with Gasteiger partial charge in [-0.25, -0.2) is 4.79 Å². The van der Waals surface area contributed by atoms with E-state index in [1.54, 1.807) is 6.07 Å². The number of hydrogen-bond acceptors (Lipinski definition) is 2. The lowest BCUT2D eigenvalue weighted by Crippen LogP contribution is -2.10. The van der Waals surface area contributed by atoms with Crippen molar-refractivity contribution >= 4 is 16.9 Å². The maximum atomic E-state index is 11.5. The van der Waals surface area contributed by atoms with Crippen molar-refractivity contribution in [2.45, 2.75) is 26.2 Å². The molecule has 0 aliphatic rings. The highest BCUT2D eigenvalue weighted by Crippen LogP contribution is 2.35. The van der Waals surface area contributed by atoms with Gasteiger partial charge in [-0.15, -0.1) is 0 Å². The molecule has 0 spiro atoms. The van der Waals surface area contributed by atoms with Crippen LogP contribution in [-0.4, -0.2) is 20.7 Å². The molecule has 0 bridgehead atoms. The SMILES string of the molecule is CC(C)(C)c1ccc2c(c1)cc(-c1ccccc1)n2-c1ccc(O)c(C(=O)O)c1. The maximum absolute atomic E-state index is 11.5. The first kappa shape index (κ1) is 18.8. The fourth-order valence-electron chi connectivity index (χ4n) is 3.62. The quantitative estimate of drug-likeness (QED) is 0.455. The third kappa shape index (κ3) is 3.38. The number of carboxylic acids is 1. The second-order valence-corrected chi connectivity index (χ2v) is 8.26. The molecule has 0 aliphatic carbocycles. The molecule has 0 saturated heterocycles. The summed E-state index contributed by atoms with van der Waals surface area (Å²) in [6, 6.07) is 23.2. The van der Waals surface area contributed by atoms with Crippen molar-refractivity contribution in [3.05, 3.63) is 83.9 Å². The average Bonchev–Trinajstić information content (AvgIpc) is 3.07. The van der Waals surface area contributed by atoms with E-state index in [1.165, 1.54) is 17.7 Å². The van der Waals surface area contributed by atoms with E-state index in [0.29, 0.717) is 5.69 Å². The van der Waals surface area contributed by atoms with E-state index in [-0.39, 0.29) is 16.7 Å². The number of nitrogens with zero attached hydrogens (tertiary/aromatic N) is 1. The van der Waals surface area contributed by atoms with Gasteiger partial charge >= 0.3 is 5.97 Å². The predicted molar refractivity (Wildman–Crippen MR) is 116 cm³/mol. The van der Waals surface area contributed by atoms with Crippen LogP contribution in [0.3, 0.4) is 0 Å². The summed E-state index contributed by atoms with van der Waals surface area (Å²) in [4.78, 5) is 11.5. The van der Waals surface area contributed by atoms with Gasteiger partial charge in [-0.05, 0) is 52.9 Å². The Bertz CT molecular complexity index is 1210. The average molecular weight is 385 g/mol. The number of fused-ring (bicyclic) bond motifs is 1. The van der Waals surface area contributed by atoms with E-state index in [4.69, 9.17) is 0 Å². The molecule has 3 aromatic carbocycles. The number of hydrogen-bond donors (Lipinski definition) is 2. The molecular formula is C25H23NO3. The molecule has 0 radical (unpaired) electrons. The van der Waals surface area contributed by atoms with Gasteiger partial charge in [0, 0.05) is 11.1 Å². The van der Waals surface area contributed by atoms with Gasteiger partial charge in [-0.2, -0.15) is 0 Å². The maximum Gasteiger partial charge on any atom is 0.339 e. The lowest BCUT2D eigenvalue weighted by atomic mass is 9.86. The fourth-order valence-corrected chi connectivity index (χ4v) is 3.62. The summed E-state index contributed by atoms with van der Waals surface area (Å²) in [5.41, 5.74) is 4.82. The number of carbonyl (C=O) groups is 1. The van der Waals surface area contributed by atoms with E-state index in [9.17, 15) is 15.0 Å². The van der Waals surface area contributed by atoms with Gasteiger partial charge in [0.25, 0.3) is 0 Å². The fraction of sp³-hybridized carbons (Fsp3) is 0.160. The zero-order chi connectivity index (χ0) is 20.8. The molecule has 0 saturated carbocycles. The summed E-state index contributed by atoms with van der Waals surface area (Å²) in [5, 5.41) is 20.5. The number of aromatic carboxylic acids is 1. The summed E-state index contributed by atoms with van der Waals surface area (Å²) < 4.78 is 2.04. The molecule has 0 unspecified atom stereocenters. The first-order chi connectivity index (χ1) is 13.8. The minimum Gasteiger partial charge on any atom is -0.507 e. The number of phenols is 1. The molecule has 4 heteroatoms. The number of carboxylic acid groups (broad SMARTS) is 1. The summed E-state index contributed by atoms with van der Waals surface area (Å²) >= 11 is 0. The highest BCUT2D eigenvalue weighted by Gasteiger charge is 2.19. The molecule has 0 fully saturated rings. The number of aromatic nitrogens is 1. The predicted octanol–water partition coefficient (Wildman–Crippen LogP) is 6.00. The van der Waals surface area contributed by atoms with Crippen molar-refractivity contribution in [3.63, 3.8) is 0 Å². The molecule has 2 N–H and O–H groups in total. The summed E-state index contributed by atoms with van der Waals surface area (Å²) in [7, 11) is 0. The Balaban J connectivity index is 2.03. The van der Waals surface area contributed by atoms with Gasteiger partial charge in [-0.1, -0.05) is 57.2 Å². The molecular weight excluding hydrogens is 362 g/mol. The highest BCUT2D eigenvalue weighted by atomic mass is 16.4. The van der Waals surface area contributed by atoms with Crippen molar-refractivity contribution in [1.29, 1.82) is 0 Å². The Kier molecular flexibility index (Phi) is 4.42. The first-order valence-corrected chi connectivity index (χ1v) is 9.54. The minimum atomic E-state index is -1.16. The number of aromatic hydroxyl groups is 1. The lowest BCUT2D eigenvalue weighted by Gasteiger charge is -2.19. The van der Waals surface area contributed by atoms with Crippen LogP contribution in [0.4, 0.5) is 0 Å². The largest absolute Gasteiger partial charge is 0.507 e. The van der Waals surface area contributed by atoms with Crippen molar-refractivity contribution in [1.82, 2.24) is 4.57 Å². The third-order valence-corrected chi connectivity index (χ3v) is 5.21. The van der Waals surface area contributed by atoms with Gasteiger partial charge < -0.3 is 14.8 Å². The molecule has 0 atom stereocenters. The molecule has 29 heavy (non-hydrogen) atoms. The van der Waals surface area contributed by atoms with Crippen molar-refractivity contribution in [2.24, 2.45) is 0 Å². The molecule has 0 aliphatic heterocycles. The molecule has 0 amide bonds.